The summed E-state index contributed by atoms with van der Waals surface area (Å²) in [5, 5.41) is 8.57. The average Bonchev–Trinajstić information content (AvgIpc) is 2.82. The molecule has 1 fully saturated rings. The Kier molecular flexibility index (Phi) is 1.95. The van der Waals surface area contributed by atoms with Crippen LogP contribution in [0.5, 0.6) is 0 Å². The summed E-state index contributed by atoms with van der Waals surface area (Å²) in [6.07, 6.45) is 7.06. The molecule has 0 spiro atoms. The van der Waals surface area contributed by atoms with Crippen LogP contribution in [0.25, 0.3) is 5.69 Å². The summed E-state index contributed by atoms with van der Waals surface area (Å²) < 4.78 is 2.10. The van der Waals surface area contributed by atoms with Gasteiger partial charge in [-0.25, -0.2) is 9.97 Å². The molecule has 2 aliphatic rings. The normalized spacial score (nSPS) is 21.2. The van der Waals surface area contributed by atoms with Crippen molar-refractivity contribution in [3.63, 3.8) is 0 Å². The van der Waals surface area contributed by atoms with Crippen molar-refractivity contribution in [3.8, 4) is 5.69 Å². The molecule has 1 saturated heterocycles. The first-order valence-corrected chi connectivity index (χ1v) is 6.35. The minimum Gasteiger partial charge on any atom is -0.344 e. The van der Waals surface area contributed by atoms with E-state index in [9.17, 15) is 0 Å². The molecule has 0 aliphatic carbocycles. The maximum Gasteiger partial charge on any atom is 0.160 e. The van der Waals surface area contributed by atoms with E-state index < -0.39 is 0 Å². The lowest BCUT2D eigenvalue weighted by Gasteiger charge is -2.40. The third-order valence-corrected chi connectivity index (χ3v) is 3.84. The molecule has 1 atom stereocenters. The molecule has 0 radical (unpaired) electrons. The van der Waals surface area contributed by atoms with Gasteiger partial charge in [-0.2, -0.15) is 0 Å². The Hall–Kier alpha value is -1.98. The van der Waals surface area contributed by atoms with Crippen LogP contribution in [0.3, 0.4) is 0 Å². The van der Waals surface area contributed by atoms with E-state index in [-0.39, 0.29) is 0 Å². The van der Waals surface area contributed by atoms with Crippen LogP contribution < -0.4 is 4.90 Å². The number of hydrogen-bond acceptors (Lipinski definition) is 5. The third-order valence-electron chi connectivity index (χ3n) is 3.84. The summed E-state index contributed by atoms with van der Waals surface area (Å²) in [6.45, 7) is 3.02. The number of anilines is 1. The summed E-state index contributed by atoms with van der Waals surface area (Å²) in [6, 6.07) is 0.322. The van der Waals surface area contributed by atoms with Crippen LogP contribution in [-0.4, -0.2) is 31.3 Å². The zero-order chi connectivity index (χ0) is 12.1. The molecule has 0 bridgehead atoms. The molecular formula is C12H14N6. The predicted octanol–water partition coefficient (Wildman–Crippen LogP) is 1.41. The number of piperidine rings is 1. The van der Waals surface area contributed by atoms with Crippen LogP contribution in [0.4, 0.5) is 5.82 Å². The van der Waals surface area contributed by atoms with E-state index in [1.54, 1.807) is 6.33 Å². The van der Waals surface area contributed by atoms with E-state index >= 15 is 0 Å². The fraction of sp³-hybridized carbons (Fsp3) is 0.500. The topological polar surface area (TPSA) is 59.7 Å². The number of aromatic nitrogens is 5. The molecule has 2 aliphatic heterocycles. The van der Waals surface area contributed by atoms with Crippen LogP contribution in [-0.2, 0) is 0 Å². The Labute approximate surface area is 105 Å². The SMILES string of the molecule is Cc1nnc2n1-c1cncnc1N1CCCCC21. The van der Waals surface area contributed by atoms with Crippen LogP contribution in [0.15, 0.2) is 12.5 Å². The van der Waals surface area contributed by atoms with Gasteiger partial charge in [0.25, 0.3) is 0 Å². The van der Waals surface area contributed by atoms with Gasteiger partial charge in [-0.1, -0.05) is 0 Å². The van der Waals surface area contributed by atoms with Crippen molar-refractivity contribution in [1.29, 1.82) is 0 Å². The Morgan fingerprint density at radius 3 is 3.17 bits per heavy atom. The zero-order valence-electron chi connectivity index (χ0n) is 10.2. The molecule has 92 valence electrons. The first-order valence-electron chi connectivity index (χ1n) is 6.35. The maximum absolute atomic E-state index is 4.46. The quantitative estimate of drug-likeness (QED) is 0.699. The number of aryl methyl sites for hydroxylation is 1. The van der Waals surface area contributed by atoms with Gasteiger partial charge >= 0.3 is 0 Å². The van der Waals surface area contributed by atoms with Crippen LogP contribution >= 0.6 is 0 Å². The molecule has 4 heterocycles. The van der Waals surface area contributed by atoms with Crippen LogP contribution in [0.2, 0.25) is 0 Å². The second kappa shape index (κ2) is 3.51. The van der Waals surface area contributed by atoms with Crippen molar-refractivity contribution < 1.29 is 0 Å². The summed E-state index contributed by atoms with van der Waals surface area (Å²) in [4.78, 5) is 11.0. The lowest BCUT2D eigenvalue weighted by molar-refractivity contribution is 0.437. The van der Waals surface area contributed by atoms with Crippen molar-refractivity contribution in [2.75, 3.05) is 11.4 Å². The Bertz CT molecular complexity index is 604. The molecule has 18 heavy (non-hydrogen) atoms. The first-order chi connectivity index (χ1) is 8.86. The largest absolute Gasteiger partial charge is 0.344 e. The van der Waals surface area contributed by atoms with Crippen molar-refractivity contribution in [2.45, 2.75) is 32.2 Å². The van der Waals surface area contributed by atoms with Crippen LogP contribution in [0, 0.1) is 6.92 Å². The second-order valence-corrected chi connectivity index (χ2v) is 4.88. The lowest BCUT2D eigenvalue weighted by atomic mass is 9.99. The minimum atomic E-state index is 0.322. The molecular weight excluding hydrogens is 228 g/mol. The fourth-order valence-corrected chi connectivity index (χ4v) is 3.04. The highest BCUT2D eigenvalue weighted by Gasteiger charge is 2.36. The van der Waals surface area contributed by atoms with E-state index in [1.165, 1.54) is 12.8 Å². The van der Waals surface area contributed by atoms with Gasteiger partial charge in [0.1, 0.15) is 17.8 Å². The van der Waals surface area contributed by atoms with Gasteiger partial charge in [0, 0.05) is 6.54 Å². The molecule has 0 N–H and O–H groups in total. The molecule has 6 heteroatoms. The van der Waals surface area contributed by atoms with Gasteiger partial charge in [-0.3, -0.25) is 4.57 Å². The number of rotatable bonds is 0. The van der Waals surface area contributed by atoms with Gasteiger partial charge in [-0.15, -0.1) is 10.2 Å². The fourth-order valence-electron chi connectivity index (χ4n) is 3.04. The van der Waals surface area contributed by atoms with E-state index in [4.69, 9.17) is 0 Å². The monoisotopic (exact) mass is 242 g/mol. The van der Waals surface area contributed by atoms with E-state index in [0.717, 1.165) is 36.1 Å². The lowest BCUT2D eigenvalue weighted by Crippen LogP contribution is -2.39. The zero-order valence-corrected chi connectivity index (χ0v) is 10.2. The predicted molar refractivity (Wildman–Crippen MR) is 65.6 cm³/mol. The van der Waals surface area contributed by atoms with Gasteiger partial charge < -0.3 is 4.90 Å². The Morgan fingerprint density at radius 1 is 1.28 bits per heavy atom. The van der Waals surface area contributed by atoms with Crippen LogP contribution in [0.1, 0.15) is 37.0 Å². The highest BCUT2D eigenvalue weighted by atomic mass is 15.4. The maximum atomic E-state index is 4.46. The molecule has 0 aromatic carbocycles. The van der Waals surface area contributed by atoms with Gasteiger partial charge in [0.2, 0.25) is 0 Å². The highest BCUT2D eigenvalue weighted by Crippen LogP contribution is 2.41. The number of fused-ring (bicyclic) bond motifs is 6. The molecule has 1 unspecified atom stereocenters. The van der Waals surface area contributed by atoms with Gasteiger partial charge in [0.15, 0.2) is 11.6 Å². The molecule has 6 nitrogen and oxygen atoms in total. The van der Waals surface area contributed by atoms with Crippen molar-refractivity contribution in [3.05, 3.63) is 24.2 Å². The summed E-state index contributed by atoms with van der Waals surface area (Å²) >= 11 is 0. The summed E-state index contributed by atoms with van der Waals surface area (Å²) in [7, 11) is 0. The summed E-state index contributed by atoms with van der Waals surface area (Å²) in [5.41, 5.74) is 1.01. The van der Waals surface area contributed by atoms with Gasteiger partial charge in [-0.05, 0) is 26.2 Å². The molecule has 4 rings (SSSR count). The molecule has 2 aromatic rings. The smallest absolute Gasteiger partial charge is 0.160 e. The Morgan fingerprint density at radius 2 is 2.22 bits per heavy atom. The van der Waals surface area contributed by atoms with E-state index in [0.29, 0.717) is 6.04 Å². The highest BCUT2D eigenvalue weighted by molar-refractivity contribution is 5.61. The van der Waals surface area contributed by atoms with E-state index in [2.05, 4.69) is 29.6 Å². The van der Waals surface area contributed by atoms with E-state index in [1.807, 2.05) is 13.1 Å². The van der Waals surface area contributed by atoms with Crippen molar-refractivity contribution >= 4 is 5.82 Å². The first kappa shape index (κ1) is 9.99. The number of nitrogens with zero attached hydrogens (tertiary/aromatic N) is 6. The molecule has 0 amide bonds. The standard InChI is InChI=1S/C12H14N6/c1-8-15-16-12-9-4-2-3-5-17(9)11-10(18(8)12)6-13-7-14-11/h6-7,9H,2-5H2,1H3. The second-order valence-electron chi connectivity index (χ2n) is 4.88. The van der Waals surface area contributed by atoms with Crippen molar-refractivity contribution in [1.82, 2.24) is 24.7 Å². The Balaban J connectivity index is 2.00. The van der Waals surface area contributed by atoms with Crippen molar-refractivity contribution in [2.24, 2.45) is 0 Å². The molecule has 2 aromatic heterocycles. The minimum absolute atomic E-state index is 0.322. The summed E-state index contributed by atoms with van der Waals surface area (Å²) in [5.74, 6) is 2.96. The van der Waals surface area contributed by atoms with Gasteiger partial charge in [0.05, 0.1) is 12.2 Å². The average molecular weight is 242 g/mol. The third kappa shape index (κ3) is 1.17. The number of hydrogen-bond donors (Lipinski definition) is 0. The molecule has 0 saturated carbocycles.